The van der Waals surface area contributed by atoms with Gasteiger partial charge in [0.25, 0.3) is 5.56 Å². The summed E-state index contributed by atoms with van der Waals surface area (Å²) >= 11 is 1.64. The first kappa shape index (κ1) is 22.6. The molecule has 8 nitrogen and oxygen atoms in total. The molecule has 3 aromatic rings. The first-order chi connectivity index (χ1) is 16.6. The van der Waals surface area contributed by atoms with Crippen LogP contribution in [0.25, 0.3) is 10.2 Å². The van der Waals surface area contributed by atoms with Crippen LogP contribution in [-0.4, -0.2) is 45.5 Å². The number of hydrogen-bond acceptors (Lipinski definition) is 5. The maximum atomic E-state index is 13.0. The monoisotopic (exact) mass is 479 g/mol. The van der Waals surface area contributed by atoms with E-state index in [-0.39, 0.29) is 30.0 Å². The lowest BCUT2D eigenvalue weighted by Gasteiger charge is -2.32. The fraction of sp³-hybridized carbons (Fsp3) is 0.440. The molecule has 0 saturated carbocycles. The van der Waals surface area contributed by atoms with E-state index in [0.29, 0.717) is 32.5 Å². The van der Waals surface area contributed by atoms with Gasteiger partial charge in [-0.25, -0.2) is 9.78 Å². The minimum absolute atomic E-state index is 0.0325. The van der Waals surface area contributed by atoms with E-state index in [1.165, 1.54) is 16.9 Å². The van der Waals surface area contributed by atoms with E-state index in [1.807, 2.05) is 30.3 Å². The van der Waals surface area contributed by atoms with E-state index in [0.717, 1.165) is 35.2 Å². The molecule has 5 rings (SSSR count). The number of aryl methyl sites for hydroxylation is 3. The first-order valence-corrected chi connectivity index (χ1v) is 12.8. The van der Waals surface area contributed by atoms with E-state index in [1.54, 1.807) is 27.1 Å². The molecule has 2 aliphatic rings. The summed E-state index contributed by atoms with van der Waals surface area (Å²) in [5, 5.41) is 6.72. The van der Waals surface area contributed by atoms with Crippen molar-refractivity contribution in [3.05, 3.63) is 57.5 Å². The van der Waals surface area contributed by atoms with Crippen molar-refractivity contribution in [2.24, 2.45) is 0 Å². The highest BCUT2D eigenvalue weighted by atomic mass is 32.1. The smallest absolute Gasteiger partial charge is 0.321 e. The second-order valence-electron chi connectivity index (χ2n) is 9.01. The number of carbonyl (C=O) groups excluding carboxylic acids is 2. The Labute approximate surface area is 202 Å². The number of aromatic nitrogens is 2. The summed E-state index contributed by atoms with van der Waals surface area (Å²) < 4.78 is 1.57. The van der Waals surface area contributed by atoms with Gasteiger partial charge in [0.1, 0.15) is 4.83 Å². The summed E-state index contributed by atoms with van der Waals surface area (Å²) in [5.74, 6) is -0.0773. The number of anilines is 1. The van der Waals surface area contributed by atoms with Crippen molar-refractivity contribution in [2.45, 2.75) is 57.5 Å². The fourth-order valence-electron chi connectivity index (χ4n) is 4.81. The number of urea groups is 1. The quantitative estimate of drug-likeness (QED) is 0.585. The number of nitrogens with zero attached hydrogens (tertiary/aromatic N) is 3. The highest BCUT2D eigenvalue weighted by Crippen LogP contribution is 2.33. The van der Waals surface area contributed by atoms with Crippen molar-refractivity contribution in [3.8, 4) is 0 Å². The van der Waals surface area contributed by atoms with Crippen molar-refractivity contribution >= 4 is 39.2 Å². The zero-order valence-corrected chi connectivity index (χ0v) is 19.9. The molecule has 34 heavy (non-hydrogen) atoms. The van der Waals surface area contributed by atoms with Crippen LogP contribution in [0.1, 0.15) is 42.5 Å². The number of fused-ring (bicyclic) bond motifs is 3. The Kier molecular flexibility index (Phi) is 6.62. The van der Waals surface area contributed by atoms with Crippen LogP contribution in [0.3, 0.4) is 0 Å². The third-order valence-electron chi connectivity index (χ3n) is 6.69. The summed E-state index contributed by atoms with van der Waals surface area (Å²) in [5.41, 5.74) is 1.91. The van der Waals surface area contributed by atoms with Gasteiger partial charge in [-0.1, -0.05) is 18.2 Å². The molecule has 178 valence electrons. The molecule has 0 spiro atoms. The van der Waals surface area contributed by atoms with Gasteiger partial charge in [-0.3, -0.25) is 14.2 Å². The van der Waals surface area contributed by atoms with Crippen LogP contribution in [-0.2, 0) is 24.2 Å². The molecule has 1 aliphatic heterocycles. The highest BCUT2D eigenvalue weighted by molar-refractivity contribution is 7.18. The molecule has 2 N–H and O–H groups in total. The van der Waals surface area contributed by atoms with Gasteiger partial charge in [0.05, 0.1) is 11.7 Å². The molecular weight excluding hydrogens is 450 g/mol. The van der Waals surface area contributed by atoms with Gasteiger partial charge in [0.15, 0.2) is 0 Å². The fourth-order valence-corrected chi connectivity index (χ4v) is 6.03. The van der Waals surface area contributed by atoms with Gasteiger partial charge < -0.3 is 15.5 Å². The lowest BCUT2D eigenvalue weighted by Crippen LogP contribution is -2.47. The standard InChI is InChI=1S/C25H29N5O3S/c31-21(27-18-10-13-29(14-11-18)25(33)28-17-6-2-1-3-7-17)12-15-30-16-26-23-22(24(30)32)19-8-4-5-9-20(19)34-23/h1-3,6-7,16,18H,4-5,8-15H2,(H,27,31)(H,28,33). The van der Waals surface area contributed by atoms with Gasteiger partial charge in [0, 0.05) is 42.7 Å². The van der Waals surface area contributed by atoms with Crippen LogP contribution < -0.4 is 16.2 Å². The molecule has 1 saturated heterocycles. The average Bonchev–Trinajstić information content (AvgIpc) is 3.24. The second-order valence-corrected chi connectivity index (χ2v) is 10.1. The lowest BCUT2D eigenvalue weighted by atomic mass is 9.97. The van der Waals surface area contributed by atoms with Crippen LogP contribution in [0, 0.1) is 0 Å². The van der Waals surface area contributed by atoms with Gasteiger partial charge >= 0.3 is 6.03 Å². The SMILES string of the molecule is O=C(CCn1cnc2sc3c(c2c1=O)CCCC3)NC1CCN(C(=O)Nc2ccccc2)CC1. The molecule has 2 aromatic heterocycles. The number of hydrogen-bond donors (Lipinski definition) is 2. The minimum atomic E-state index is -0.117. The van der Waals surface area contributed by atoms with Gasteiger partial charge in [-0.05, 0) is 56.2 Å². The number of benzene rings is 1. The maximum Gasteiger partial charge on any atom is 0.321 e. The Bertz CT molecular complexity index is 1240. The minimum Gasteiger partial charge on any atom is -0.353 e. The van der Waals surface area contributed by atoms with E-state index in [4.69, 9.17) is 0 Å². The van der Waals surface area contributed by atoms with E-state index >= 15 is 0 Å². The van der Waals surface area contributed by atoms with Crippen molar-refractivity contribution in [1.29, 1.82) is 0 Å². The molecule has 9 heteroatoms. The number of piperidine rings is 1. The zero-order chi connectivity index (χ0) is 23.5. The van der Waals surface area contributed by atoms with E-state index in [2.05, 4.69) is 15.6 Å². The van der Waals surface area contributed by atoms with Crippen molar-refractivity contribution < 1.29 is 9.59 Å². The molecule has 0 radical (unpaired) electrons. The topological polar surface area (TPSA) is 96.3 Å². The van der Waals surface area contributed by atoms with Crippen molar-refractivity contribution in [3.63, 3.8) is 0 Å². The maximum absolute atomic E-state index is 13.0. The number of likely N-dealkylation sites (tertiary alicyclic amines) is 1. The van der Waals surface area contributed by atoms with E-state index in [9.17, 15) is 14.4 Å². The molecule has 1 aromatic carbocycles. The molecule has 3 amide bonds. The molecule has 0 unspecified atom stereocenters. The number of carbonyl (C=O) groups is 2. The predicted octanol–water partition coefficient (Wildman–Crippen LogP) is 3.54. The van der Waals surface area contributed by atoms with Crippen LogP contribution in [0.2, 0.25) is 0 Å². The molecule has 0 atom stereocenters. The van der Waals surface area contributed by atoms with Gasteiger partial charge in [-0.2, -0.15) is 0 Å². The Morgan fingerprint density at radius 1 is 1.09 bits per heavy atom. The van der Waals surface area contributed by atoms with Crippen LogP contribution >= 0.6 is 11.3 Å². The highest BCUT2D eigenvalue weighted by Gasteiger charge is 2.24. The van der Waals surface area contributed by atoms with E-state index < -0.39 is 0 Å². The molecule has 1 aliphatic carbocycles. The number of nitrogens with one attached hydrogen (secondary N) is 2. The molecule has 1 fully saturated rings. The number of rotatable bonds is 5. The third-order valence-corrected chi connectivity index (χ3v) is 7.89. The molecule has 0 bridgehead atoms. The van der Waals surface area contributed by atoms with Crippen molar-refractivity contribution in [1.82, 2.24) is 19.8 Å². The number of para-hydroxylation sites is 1. The molecular formula is C25H29N5O3S. The van der Waals surface area contributed by atoms with Crippen LogP contribution in [0.5, 0.6) is 0 Å². The predicted molar refractivity (Wildman–Crippen MR) is 133 cm³/mol. The summed E-state index contributed by atoms with van der Waals surface area (Å²) in [6, 6.07) is 9.31. The largest absolute Gasteiger partial charge is 0.353 e. The average molecular weight is 480 g/mol. The van der Waals surface area contributed by atoms with Gasteiger partial charge in [-0.15, -0.1) is 11.3 Å². The van der Waals surface area contributed by atoms with Crippen LogP contribution in [0.4, 0.5) is 10.5 Å². The summed E-state index contributed by atoms with van der Waals surface area (Å²) in [4.78, 5) is 46.4. The third kappa shape index (κ3) is 4.84. The first-order valence-electron chi connectivity index (χ1n) is 12.0. The Morgan fingerprint density at radius 3 is 2.65 bits per heavy atom. The lowest BCUT2D eigenvalue weighted by molar-refractivity contribution is -0.122. The number of thiophene rings is 1. The zero-order valence-electron chi connectivity index (χ0n) is 19.1. The Morgan fingerprint density at radius 2 is 1.85 bits per heavy atom. The Hall–Kier alpha value is -3.20. The Balaban J connectivity index is 1.12. The van der Waals surface area contributed by atoms with Crippen LogP contribution in [0.15, 0.2) is 41.5 Å². The summed E-state index contributed by atoms with van der Waals surface area (Å²) in [7, 11) is 0. The summed E-state index contributed by atoms with van der Waals surface area (Å²) in [6.45, 7) is 1.50. The van der Waals surface area contributed by atoms with Gasteiger partial charge in [0.2, 0.25) is 5.91 Å². The normalized spacial score (nSPS) is 16.3. The second kappa shape index (κ2) is 9.97. The molecule has 3 heterocycles. The van der Waals surface area contributed by atoms with Crippen molar-refractivity contribution in [2.75, 3.05) is 18.4 Å². The summed E-state index contributed by atoms with van der Waals surface area (Å²) in [6.07, 6.45) is 7.49. The number of amides is 3.